The van der Waals surface area contributed by atoms with Crippen LogP contribution in [0.3, 0.4) is 0 Å². The van der Waals surface area contributed by atoms with E-state index in [0.717, 1.165) is 0 Å². The van der Waals surface area contributed by atoms with Gasteiger partial charge in [-0.15, -0.1) is 0 Å². The van der Waals surface area contributed by atoms with E-state index in [2.05, 4.69) is 20.8 Å². The molecule has 0 nitrogen and oxygen atoms in total. The third-order valence-electron chi connectivity index (χ3n) is 5.91. The van der Waals surface area contributed by atoms with Gasteiger partial charge in [-0.25, -0.2) is 0 Å². The lowest BCUT2D eigenvalue weighted by Gasteiger charge is -2.10. The van der Waals surface area contributed by atoms with Crippen LogP contribution in [0, 0.1) is 5.92 Å². The van der Waals surface area contributed by atoms with Crippen molar-refractivity contribution >= 4 is 0 Å². The average Bonchev–Trinajstić information content (AvgIpc) is 2.64. The average molecular weight is 366 g/mol. The van der Waals surface area contributed by atoms with Gasteiger partial charge in [-0.2, -0.15) is 0 Å². The second kappa shape index (κ2) is 23.0. The molecule has 0 aliphatic rings. The van der Waals surface area contributed by atoms with E-state index < -0.39 is 0 Å². The molecule has 0 atom stereocenters. The molecule has 0 aromatic rings. The molecule has 0 saturated carbocycles. The van der Waals surface area contributed by atoms with E-state index in [9.17, 15) is 0 Å². The zero-order valence-corrected chi connectivity index (χ0v) is 19.1. The van der Waals surface area contributed by atoms with Crippen LogP contribution in [0.25, 0.3) is 0 Å². The van der Waals surface area contributed by atoms with Crippen LogP contribution >= 0.6 is 0 Å². The van der Waals surface area contributed by atoms with Crippen molar-refractivity contribution in [2.24, 2.45) is 0 Å². The highest BCUT2D eigenvalue weighted by Crippen LogP contribution is 2.20. The summed E-state index contributed by atoms with van der Waals surface area (Å²) in [7, 11) is 0. The summed E-state index contributed by atoms with van der Waals surface area (Å²) in [6, 6.07) is 0. The first-order valence-electron chi connectivity index (χ1n) is 12.6. The first-order chi connectivity index (χ1) is 12.8. The Labute approximate surface area is 168 Å². The van der Waals surface area contributed by atoms with Gasteiger partial charge in [0.1, 0.15) is 0 Å². The van der Waals surface area contributed by atoms with Gasteiger partial charge in [0.25, 0.3) is 0 Å². The zero-order chi connectivity index (χ0) is 19.1. The van der Waals surface area contributed by atoms with Gasteiger partial charge in [0, 0.05) is 0 Å². The van der Waals surface area contributed by atoms with Crippen molar-refractivity contribution < 1.29 is 0 Å². The highest BCUT2D eigenvalue weighted by molar-refractivity contribution is 4.83. The monoisotopic (exact) mass is 365 g/mol. The minimum absolute atomic E-state index is 1.37. The first-order valence-corrected chi connectivity index (χ1v) is 12.6. The molecule has 0 N–H and O–H groups in total. The molecule has 26 heavy (non-hydrogen) atoms. The quantitative estimate of drug-likeness (QED) is 0.167. The van der Waals surface area contributed by atoms with Gasteiger partial charge in [-0.05, 0) is 18.8 Å². The minimum Gasteiger partial charge on any atom is -0.0654 e. The van der Waals surface area contributed by atoms with Gasteiger partial charge in [0.2, 0.25) is 0 Å². The molecule has 0 spiro atoms. The maximum absolute atomic E-state index is 2.40. The van der Waals surface area contributed by atoms with E-state index in [0.29, 0.717) is 0 Å². The van der Waals surface area contributed by atoms with Crippen LogP contribution in [-0.2, 0) is 0 Å². The summed E-state index contributed by atoms with van der Waals surface area (Å²) in [4.78, 5) is 0. The molecule has 157 valence electrons. The molecule has 0 aliphatic carbocycles. The fourth-order valence-corrected chi connectivity index (χ4v) is 3.95. The zero-order valence-electron chi connectivity index (χ0n) is 19.1. The Morgan fingerprint density at radius 1 is 0.346 bits per heavy atom. The van der Waals surface area contributed by atoms with Crippen molar-refractivity contribution in [3.8, 4) is 0 Å². The van der Waals surface area contributed by atoms with Gasteiger partial charge in [0.15, 0.2) is 0 Å². The second-order valence-corrected chi connectivity index (χ2v) is 8.82. The summed E-state index contributed by atoms with van der Waals surface area (Å²) in [6.07, 6.45) is 31.9. The smallest absolute Gasteiger partial charge is 0.0272 e. The van der Waals surface area contributed by atoms with Crippen LogP contribution < -0.4 is 0 Å². The summed E-state index contributed by atoms with van der Waals surface area (Å²) in [6.45, 7) is 7.01. The molecule has 0 saturated heterocycles. The molecule has 0 bridgehead atoms. The second-order valence-electron chi connectivity index (χ2n) is 8.82. The highest BCUT2D eigenvalue weighted by Gasteiger charge is 2.02. The van der Waals surface area contributed by atoms with Crippen LogP contribution in [0.5, 0.6) is 0 Å². The lowest BCUT2D eigenvalue weighted by atomic mass is 9.95. The topological polar surface area (TPSA) is 0 Å². The van der Waals surface area contributed by atoms with Crippen molar-refractivity contribution in [1.29, 1.82) is 0 Å². The van der Waals surface area contributed by atoms with E-state index in [1.807, 2.05) is 0 Å². The molecule has 0 aromatic carbocycles. The summed E-state index contributed by atoms with van der Waals surface area (Å²) in [5, 5.41) is 0. The van der Waals surface area contributed by atoms with Gasteiger partial charge in [-0.3, -0.25) is 0 Å². The summed E-state index contributed by atoms with van der Waals surface area (Å²) < 4.78 is 0. The van der Waals surface area contributed by atoms with E-state index >= 15 is 0 Å². The van der Waals surface area contributed by atoms with E-state index in [1.54, 1.807) is 5.92 Å². The highest BCUT2D eigenvalue weighted by atomic mass is 14.1. The standard InChI is InChI=1S/C26H53/c1-4-6-8-10-12-14-16-18-20-22-24-26(3)25-23-21-19-17-15-13-11-9-7-5-2/h4-25H2,1-3H3. The Morgan fingerprint density at radius 2 is 0.577 bits per heavy atom. The first kappa shape index (κ1) is 26.0. The van der Waals surface area contributed by atoms with Crippen molar-refractivity contribution in [3.63, 3.8) is 0 Å². The van der Waals surface area contributed by atoms with Crippen LogP contribution in [-0.4, -0.2) is 0 Å². The normalized spacial score (nSPS) is 11.5. The molecule has 1 radical (unpaired) electrons. The van der Waals surface area contributed by atoms with Gasteiger partial charge in [-0.1, -0.05) is 149 Å². The maximum atomic E-state index is 2.40. The summed E-state index contributed by atoms with van der Waals surface area (Å²) in [5.74, 6) is 1.77. The molecule has 0 aromatic heterocycles. The number of unbranched alkanes of at least 4 members (excludes halogenated alkanes) is 18. The van der Waals surface area contributed by atoms with Crippen molar-refractivity contribution in [1.82, 2.24) is 0 Å². The molecule has 0 fully saturated rings. The molecule has 0 heterocycles. The molecule has 0 amide bonds. The third-order valence-corrected chi connectivity index (χ3v) is 5.91. The van der Waals surface area contributed by atoms with Gasteiger partial charge >= 0.3 is 0 Å². The van der Waals surface area contributed by atoms with Crippen LogP contribution in [0.2, 0.25) is 0 Å². The van der Waals surface area contributed by atoms with Crippen LogP contribution in [0.4, 0.5) is 0 Å². The minimum atomic E-state index is 1.37. The Bertz CT molecular complexity index is 208. The Hall–Kier alpha value is 0. The third kappa shape index (κ3) is 22.0. The van der Waals surface area contributed by atoms with E-state index in [1.165, 1.54) is 141 Å². The Morgan fingerprint density at radius 3 is 0.846 bits per heavy atom. The van der Waals surface area contributed by atoms with Crippen molar-refractivity contribution in [2.45, 2.75) is 162 Å². The van der Waals surface area contributed by atoms with E-state index in [-0.39, 0.29) is 0 Å². The summed E-state index contributed by atoms with van der Waals surface area (Å²) >= 11 is 0. The van der Waals surface area contributed by atoms with Crippen molar-refractivity contribution in [2.75, 3.05) is 0 Å². The maximum Gasteiger partial charge on any atom is -0.0272 e. The lowest BCUT2D eigenvalue weighted by molar-refractivity contribution is 0.532. The molecule has 0 heteroatoms. The Balaban J connectivity index is 3.12. The van der Waals surface area contributed by atoms with Crippen LogP contribution in [0.15, 0.2) is 0 Å². The number of hydrogen-bond acceptors (Lipinski definition) is 0. The lowest BCUT2D eigenvalue weighted by Crippen LogP contribution is -1.93. The molecular formula is C26H53. The van der Waals surface area contributed by atoms with E-state index in [4.69, 9.17) is 0 Å². The Kier molecular flexibility index (Phi) is 23.0. The number of hydrogen-bond donors (Lipinski definition) is 0. The molecule has 0 rings (SSSR count). The van der Waals surface area contributed by atoms with Crippen LogP contribution in [0.1, 0.15) is 162 Å². The number of rotatable bonds is 22. The molecular weight excluding hydrogens is 312 g/mol. The fraction of sp³-hybridized carbons (Fsp3) is 0.962. The largest absolute Gasteiger partial charge is 0.0654 e. The molecule has 0 aliphatic heterocycles. The molecule has 0 unspecified atom stereocenters. The predicted molar refractivity (Wildman–Crippen MR) is 122 cm³/mol. The fourth-order valence-electron chi connectivity index (χ4n) is 3.95. The van der Waals surface area contributed by atoms with Gasteiger partial charge < -0.3 is 0 Å². The van der Waals surface area contributed by atoms with Gasteiger partial charge in [0.05, 0.1) is 0 Å². The predicted octanol–water partition coefficient (Wildman–Crippen LogP) is 10.2. The van der Waals surface area contributed by atoms with Crippen molar-refractivity contribution in [3.05, 3.63) is 5.92 Å². The SMILES string of the molecule is CCCCCCCCCCCC[C](C)CCCCCCCCCCCC. The summed E-state index contributed by atoms with van der Waals surface area (Å²) in [5.41, 5.74) is 0.